The van der Waals surface area contributed by atoms with Crippen molar-refractivity contribution >= 4 is 15.9 Å². The molecule has 5 heteroatoms. The number of aromatic nitrogens is 2. The molecule has 18 heavy (non-hydrogen) atoms. The molecule has 1 heterocycles. The van der Waals surface area contributed by atoms with Crippen LogP contribution in [0.5, 0.6) is 11.6 Å². The SMILES string of the molecule is Fc1ccc(Oc2ccnc(C3CC3)n2)cc1Br. The molecule has 1 aliphatic carbocycles. The minimum atomic E-state index is -0.316. The summed E-state index contributed by atoms with van der Waals surface area (Å²) < 4.78 is 19.0. The molecule has 1 saturated carbocycles. The summed E-state index contributed by atoms with van der Waals surface area (Å²) in [5.41, 5.74) is 0. The summed E-state index contributed by atoms with van der Waals surface area (Å²) in [5, 5.41) is 0. The van der Waals surface area contributed by atoms with E-state index in [-0.39, 0.29) is 5.82 Å². The minimum Gasteiger partial charge on any atom is -0.439 e. The third-order valence-electron chi connectivity index (χ3n) is 2.70. The molecule has 1 aromatic carbocycles. The van der Waals surface area contributed by atoms with E-state index >= 15 is 0 Å². The van der Waals surface area contributed by atoms with Crippen molar-refractivity contribution in [3.8, 4) is 11.6 Å². The number of nitrogens with zero attached hydrogens (tertiary/aromatic N) is 2. The number of hydrogen-bond donors (Lipinski definition) is 0. The molecule has 0 aliphatic heterocycles. The standard InChI is InChI=1S/C13H10BrFN2O/c14-10-7-9(3-4-11(10)15)18-12-5-6-16-13(17-12)8-1-2-8/h3-8H,1-2H2. The summed E-state index contributed by atoms with van der Waals surface area (Å²) in [6.07, 6.45) is 3.98. The topological polar surface area (TPSA) is 35.0 Å². The number of benzene rings is 1. The van der Waals surface area contributed by atoms with E-state index in [1.165, 1.54) is 6.07 Å². The van der Waals surface area contributed by atoms with Gasteiger partial charge in [0, 0.05) is 18.2 Å². The van der Waals surface area contributed by atoms with Crippen LogP contribution in [0.1, 0.15) is 24.6 Å². The van der Waals surface area contributed by atoms with Crippen molar-refractivity contribution in [3.05, 3.63) is 46.6 Å². The van der Waals surface area contributed by atoms with E-state index < -0.39 is 0 Å². The molecule has 3 rings (SSSR count). The van der Waals surface area contributed by atoms with Crippen LogP contribution in [0.25, 0.3) is 0 Å². The van der Waals surface area contributed by atoms with E-state index in [4.69, 9.17) is 4.74 Å². The van der Waals surface area contributed by atoms with E-state index in [9.17, 15) is 4.39 Å². The molecule has 1 aliphatic rings. The fraction of sp³-hybridized carbons (Fsp3) is 0.231. The van der Waals surface area contributed by atoms with E-state index in [1.807, 2.05) is 0 Å². The zero-order valence-corrected chi connectivity index (χ0v) is 11.0. The molecule has 0 saturated heterocycles. The van der Waals surface area contributed by atoms with Gasteiger partial charge < -0.3 is 4.74 Å². The molecule has 1 fully saturated rings. The van der Waals surface area contributed by atoms with Gasteiger partial charge in [-0.3, -0.25) is 0 Å². The molecule has 0 atom stereocenters. The molecule has 0 amide bonds. The Morgan fingerprint density at radius 2 is 2.11 bits per heavy atom. The van der Waals surface area contributed by atoms with Gasteiger partial charge in [-0.2, -0.15) is 4.98 Å². The van der Waals surface area contributed by atoms with E-state index in [0.29, 0.717) is 22.0 Å². The first-order valence-electron chi connectivity index (χ1n) is 5.68. The first kappa shape index (κ1) is 11.6. The molecule has 0 N–H and O–H groups in total. The van der Waals surface area contributed by atoms with Gasteiger partial charge >= 0.3 is 0 Å². The highest BCUT2D eigenvalue weighted by atomic mass is 79.9. The molecule has 1 aromatic heterocycles. The third-order valence-corrected chi connectivity index (χ3v) is 3.31. The van der Waals surface area contributed by atoms with Crippen molar-refractivity contribution in [1.82, 2.24) is 9.97 Å². The van der Waals surface area contributed by atoms with Crippen molar-refractivity contribution in [2.45, 2.75) is 18.8 Å². The highest BCUT2D eigenvalue weighted by molar-refractivity contribution is 9.10. The van der Waals surface area contributed by atoms with Crippen LogP contribution in [0, 0.1) is 5.82 Å². The fourth-order valence-corrected chi connectivity index (χ4v) is 1.97. The van der Waals surface area contributed by atoms with Crippen LogP contribution in [-0.4, -0.2) is 9.97 Å². The van der Waals surface area contributed by atoms with Crippen molar-refractivity contribution < 1.29 is 9.13 Å². The van der Waals surface area contributed by atoms with Gasteiger partial charge in [0.15, 0.2) is 0 Å². The highest BCUT2D eigenvalue weighted by Gasteiger charge is 2.26. The lowest BCUT2D eigenvalue weighted by Crippen LogP contribution is -1.95. The predicted molar refractivity (Wildman–Crippen MR) is 68.2 cm³/mol. The Labute approximate surface area is 112 Å². The molecule has 0 radical (unpaired) electrons. The fourth-order valence-electron chi connectivity index (χ4n) is 1.61. The molecule has 0 spiro atoms. The van der Waals surface area contributed by atoms with Crippen LogP contribution >= 0.6 is 15.9 Å². The minimum absolute atomic E-state index is 0.316. The van der Waals surface area contributed by atoms with Gasteiger partial charge in [0.1, 0.15) is 17.4 Å². The summed E-state index contributed by atoms with van der Waals surface area (Å²) in [7, 11) is 0. The van der Waals surface area contributed by atoms with Gasteiger partial charge in [-0.25, -0.2) is 9.37 Å². The van der Waals surface area contributed by atoms with Gasteiger partial charge in [0.25, 0.3) is 0 Å². The number of ether oxygens (including phenoxy) is 1. The Kier molecular flexibility index (Phi) is 2.99. The normalized spacial score (nSPS) is 14.6. The average molecular weight is 309 g/mol. The van der Waals surface area contributed by atoms with Crippen LogP contribution < -0.4 is 4.74 Å². The lowest BCUT2D eigenvalue weighted by atomic mass is 10.3. The third kappa shape index (κ3) is 2.51. The van der Waals surface area contributed by atoms with E-state index in [0.717, 1.165) is 18.7 Å². The molecular formula is C13H10BrFN2O. The average Bonchev–Trinajstić information content (AvgIpc) is 3.18. The summed E-state index contributed by atoms with van der Waals surface area (Å²) >= 11 is 3.12. The predicted octanol–water partition coefficient (Wildman–Crippen LogP) is 4.05. The lowest BCUT2D eigenvalue weighted by molar-refractivity contribution is 0.456. The summed E-state index contributed by atoms with van der Waals surface area (Å²) in [4.78, 5) is 8.55. The zero-order valence-electron chi connectivity index (χ0n) is 9.44. The molecule has 0 bridgehead atoms. The molecule has 3 nitrogen and oxygen atoms in total. The summed E-state index contributed by atoms with van der Waals surface area (Å²) in [6, 6.07) is 6.19. The van der Waals surface area contributed by atoms with Crippen molar-refractivity contribution in [1.29, 1.82) is 0 Å². The van der Waals surface area contributed by atoms with Crippen molar-refractivity contribution in [2.24, 2.45) is 0 Å². The Bertz CT molecular complexity index is 587. The second-order valence-corrected chi connectivity index (χ2v) is 5.06. The van der Waals surface area contributed by atoms with E-state index in [2.05, 4.69) is 25.9 Å². The maximum absolute atomic E-state index is 13.1. The molecular weight excluding hydrogens is 299 g/mol. The second kappa shape index (κ2) is 4.65. The van der Waals surface area contributed by atoms with Crippen molar-refractivity contribution in [3.63, 3.8) is 0 Å². The molecule has 0 unspecified atom stereocenters. The molecule has 2 aromatic rings. The van der Waals surface area contributed by atoms with Gasteiger partial charge in [0.2, 0.25) is 5.88 Å². The summed E-state index contributed by atoms with van der Waals surface area (Å²) in [5.74, 6) is 2.03. The van der Waals surface area contributed by atoms with Crippen LogP contribution in [0.15, 0.2) is 34.9 Å². The Hall–Kier alpha value is -1.49. The largest absolute Gasteiger partial charge is 0.439 e. The highest BCUT2D eigenvalue weighted by Crippen LogP contribution is 2.38. The van der Waals surface area contributed by atoms with Gasteiger partial charge in [-0.15, -0.1) is 0 Å². The molecule has 92 valence electrons. The lowest BCUT2D eigenvalue weighted by Gasteiger charge is -2.06. The van der Waals surface area contributed by atoms with Crippen LogP contribution in [0.2, 0.25) is 0 Å². The number of hydrogen-bond acceptors (Lipinski definition) is 3. The smallest absolute Gasteiger partial charge is 0.222 e. The van der Waals surface area contributed by atoms with Crippen LogP contribution in [0.3, 0.4) is 0 Å². The van der Waals surface area contributed by atoms with Crippen LogP contribution in [0.4, 0.5) is 4.39 Å². The van der Waals surface area contributed by atoms with Crippen LogP contribution in [-0.2, 0) is 0 Å². The van der Waals surface area contributed by atoms with Gasteiger partial charge in [-0.1, -0.05) is 0 Å². The van der Waals surface area contributed by atoms with Crippen molar-refractivity contribution in [2.75, 3.05) is 0 Å². The first-order chi connectivity index (χ1) is 8.72. The maximum Gasteiger partial charge on any atom is 0.222 e. The quantitative estimate of drug-likeness (QED) is 0.858. The van der Waals surface area contributed by atoms with E-state index in [1.54, 1.807) is 24.4 Å². The Morgan fingerprint density at radius 1 is 1.28 bits per heavy atom. The number of halogens is 2. The van der Waals surface area contributed by atoms with Gasteiger partial charge in [-0.05, 0) is 47.0 Å². The second-order valence-electron chi connectivity index (χ2n) is 4.21. The van der Waals surface area contributed by atoms with Gasteiger partial charge in [0.05, 0.1) is 4.47 Å². The summed E-state index contributed by atoms with van der Waals surface area (Å²) in [6.45, 7) is 0. The first-order valence-corrected chi connectivity index (χ1v) is 6.47. The zero-order chi connectivity index (χ0) is 12.5. The monoisotopic (exact) mass is 308 g/mol. The number of rotatable bonds is 3. The Balaban J connectivity index is 1.82. The Morgan fingerprint density at radius 3 is 2.83 bits per heavy atom. The maximum atomic E-state index is 13.1.